The largest absolute Gasteiger partial charge is 0.437 e. The molecule has 0 aliphatic heterocycles. The maximum absolute atomic E-state index is 12.5. The van der Waals surface area contributed by atoms with Crippen LogP contribution in [0.3, 0.4) is 0 Å². The van der Waals surface area contributed by atoms with Gasteiger partial charge in [-0.25, -0.2) is 0 Å². The molecule has 0 saturated carbocycles. The van der Waals surface area contributed by atoms with E-state index in [2.05, 4.69) is 21.1 Å². The average molecular weight is 418 g/mol. The van der Waals surface area contributed by atoms with Crippen LogP contribution in [-0.2, 0) is 6.18 Å². The fourth-order valence-corrected chi connectivity index (χ4v) is 2.31. The zero-order valence-electron chi connectivity index (χ0n) is 8.05. The van der Waals surface area contributed by atoms with E-state index in [1.54, 1.807) is 46.9 Å². The van der Waals surface area contributed by atoms with Crippen molar-refractivity contribution in [1.29, 1.82) is 0 Å². The van der Waals surface area contributed by atoms with E-state index in [0.29, 0.717) is 5.56 Å². The van der Waals surface area contributed by atoms with E-state index in [9.17, 15) is 13.2 Å². The fraction of sp³-hybridized carbons (Fsp3) is 0.100. The zero-order chi connectivity index (χ0) is 12.6. The highest BCUT2D eigenvalue weighted by molar-refractivity contribution is 14.1. The normalized spacial score (nSPS) is 11.8. The molecular formula is C10H4BrF3INO. The lowest BCUT2D eigenvalue weighted by molar-refractivity contribution is -0.143. The first-order valence-corrected chi connectivity index (χ1v) is 6.25. The van der Waals surface area contributed by atoms with Gasteiger partial charge in [-0.2, -0.15) is 13.2 Å². The van der Waals surface area contributed by atoms with Crippen LogP contribution in [0.2, 0.25) is 0 Å². The van der Waals surface area contributed by atoms with Crippen molar-refractivity contribution >= 4 is 38.5 Å². The fourth-order valence-electron chi connectivity index (χ4n) is 1.24. The summed E-state index contributed by atoms with van der Waals surface area (Å²) in [5, 5.41) is 3.07. The highest BCUT2D eigenvalue weighted by Gasteiger charge is 2.38. The third-order valence-corrected chi connectivity index (χ3v) is 3.54. The highest BCUT2D eigenvalue weighted by Crippen LogP contribution is 2.37. The Labute approximate surface area is 116 Å². The summed E-state index contributed by atoms with van der Waals surface area (Å²) in [4.78, 5) is 0. The lowest BCUT2D eigenvalue weighted by Gasteiger charge is -2.01. The Morgan fingerprint density at radius 2 is 1.76 bits per heavy atom. The molecule has 0 atom stereocenters. The van der Waals surface area contributed by atoms with Crippen LogP contribution in [0.1, 0.15) is 5.69 Å². The van der Waals surface area contributed by atoms with Gasteiger partial charge in [0, 0.05) is 10.0 Å². The van der Waals surface area contributed by atoms with Crippen LogP contribution in [-0.4, -0.2) is 5.16 Å². The Morgan fingerprint density at radius 1 is 1.18 bits per heavy atom. The molecule has 0 spiro atoms. The predicted octanol–water partition coefficient (Wildman–Crippen LogP) is 4.73. The number of benzene rings is 1. The van der Waals surface area contributed by atoms with Gasteiger partial charge in [0.2, 0.25) is 5.69 Å². The number of halogens is 5. The lowest BCUT2D eigenvalue weighted by Crippen LogP contribution is -2.07. The van der Waals surface area contributed by atoms with E-state index in [4.69, 9.17) is 4.52 Å². The van der Waals surface area contributed by atoms with Gasteiger partial charge in [0.25, 0.3) is 0 Å². The van der Waals surface area contributed by atoms with Gasteiger partial charge < -0.3 is 4.52 Å². The summed E-state index contributed by atoms with van der Waals surface area (Å²) in [7, 11) is 0. The van der Waals surface area contributed by atoms with Gasteiger partial charge in [0.15, 0.2) is 5.76 Å². The Bertz CT molecular complexity index is 535. The van der Waals surface area contributed by atoms with Gasteiger partial charge in [-0.05, 0) is 46.9 Å². The molecule has 2 nitrogen and oxygen atoms in total. The van der Waals surface area contributed by atoms with Crippen molar-refractivity contribution in [2.45, 2.75) is 6.18 Å². The Balaban J connectivity index is 2.48. The van der Waals surface area contributed by atoms with Crippen LogP contribution >= 0.6 is 38.5 Å². The first-order valence-electron chi connectivity index (χ1n) is 4.38. The van der Waals surface area contributed by atoms with Crippen LogP contribution in [0, 0.1) is 3.57 Å². The maximum atomic E-state index is 12.5. The summed E-state index contributed by atoms with van der Waals surface area (Å²) in [6.45, 7) is 0. The molecule has 0 amide bonds. The van der Waals surface area contributed by atoms with E-state index in [0.717, 1.165) is 4.47 Å². The van der Waals surface area contributed by atoms with Crippen molar-refractivity contribution in [3.8, 4) is 11.3 Å². The number of alkyl halides is 3. The maximum Gasteiger partial charge on any atom is 0.437 e. The van der Waals surface area contributed by atoms with Gasteiger partial charge in [-0.3, -0.25) is 0 Å². The average Bonchev–Trinajstić information content (AvgIpc) is 2.61. The number of aromatic nitrogens is 1. The molecule has 90 valence electrons. The van der Waals surface area contributed by atoms with Crippen LogP contribution in [0.15, 0.2) is 33.3 Å². The zero-order valence-corrected chi connectivity index (χ0v) is 11.8. The Morgan fingerprint density at radius 3 is 2.24 bits per heavy atom. The molecule has 0 bridgehead atoms. The summed E-state index contributed by atoms with van der Waals surface area (Å²) in [6, 6.07) is 6.77. The minimum Gasteiger partial charge on any atom is -0.355 e. The van der Waals surface area contributed by atoms with Crippen LogP contribution < -0.4 is 0 Å². The summed E-state index contributed by atoms with van der Waals surface area (Å²) in [5.41, 5.74) is -0.434. The molecular weight excluding hydrogens is 414 g/mol. The van der Waals surface area contributed by atoms with Crippen molar-refractivity contribution in [2.75, 3.05) is 0 Å². The molecule has 2 aromatic rings. The molecule has 0 aliphatic carbocycles. The first kappa shape index (κ1) is 12.9. The topological polar surface area (TPSA) is 26.0 Å². The molecule has 0 fully saturated rings. The van der Waals surface area contributed by atoms with Gasteiger partial charge in [0.05, 0.1) is 3.57 Å². The molecule has 1 aromatic carbocycles. The standard InChI is InChI=1S/C10H4BrF3INO/c11-6-3-1-5(2-4-6)8-7(15)9(16-17-8)10(12,13)14/h1-4H. The van der Waals surface area contributed by atoms with E-state index in [1.807, 2.05) is 0 Å². The Hall–Kier alpha value is -0.570. The van der Waals surface area contributed by atoms with Crippen LogP contribution in [0.25, 0.3) is 11.3 Å². The molecule has 0 radical (unpaired) electrons. The van der Waals surface area contributed by atoms with Crippen LogP contribution in [0.4, 0.5) is 13.2 Å². The highest BCUT2D eigenvalue weighted by atomic mass is 127. The van der Waals surface area contributed by atoms with E-state index >= 15 is 0 Å². The third kappa shape index (κ3) is 2.65. The first-order chi connectivity index (χ1) is 7.89. The molecule has 1 heterocycles. The molecule has 0 unspecified atom stereocenters. The molecule has 7 heteroatoms. The van der Waals surface area contributed by atoms with Gasteiger partial charge in [0.1, 0.15) is 0 Å². The quantitative estimate of drug-likeness (QED) is 0.627. The molecule has 1 aromatic heterocycles. The number of hydrogen-bond donors (Lipinski definition) is 0. The minimum atomic E-state index is -4.49. The van der Waals surface area contributed by atoms with Crippen LogP contribution in [0.5, 0.6) is 0 Å². The summed E-state index contributed by atoms with van der Waals surface area (Å²) in [5.74, 6) is 0.130. The summed E-state index contributed by atoms with van der Waals surface area (Å²) < 4.78 is 43.1. The van der Waals surface area contributed by atoms with Crippen molar-refractivity contribution < 1.29 is 17.7 Å². The molecule has 2 rings (SSSR count). The monoisotopic (exact) mass is 417 g/mol. The smallest absolute Gasteiger partial charge is 0.355 e. The van der Waals surface area contributed by atoms with Gasteiger partial charge in [-0.1, -0.05) is 21.1 Å². The van der Waals surface area contributed by atoms with Crippen molar-refractivity contribution in [2.24, 2.45) is 0 Å². The number of nitrogens with zero attached hydrogens (tertiary/aromatic N) is 1. The van der Waals surface area contributed by atoms with Crippen molar-refractivity contribution in [3.63, 3.8) is 0 Å². The lowest BCUT2D eigenvalue weighted by atomic mass is 10.1. The van der Waals surface area contributed by atoms with Gasteiger partial charge in [-0.15, -0.1) is 0 Å². The minimum absolute atomic E-state index is 0.0302. The third-order valence-electron chi connectivity index (χ3n) is 2.01. The SMILES string of the molecule is FC(F)(F)c1noc(-c2ccc(Br)cc2)c1I. The number of rotatable bonds is 1. The van der Waals surface area contributed by atoms with E-state index in [-0.39, 0.29) is 9.33 Å². The molecule has 0 aliphatic rings. The molecule has 0 saturated heterocycles. The second-order valence-corrected chi connectivity index (χ2v) is 5.17. The molecule has 17 heavy (non-hydrogen) atoms. The van der Waals surface area contributed by atoms with E-state index in [1.165, 1.54) is 0 Å². The van der Waals surface area contributed by atoms with E-state index < -0.39 is 11.9 Å². The summed E-state index contributed by atoms with van der Waals surface area (Å²) >= 11 is 4.83. The Kier molecular flexibility index (Phi) is 3.48. The van der Waals surface area contributed by atoms with Gasteiger partial charge >= 0.3 is 6.18 Å². The van der Waals surface area contributed by atoms with Crippen molar-refractivity contribution in [3.05, 3.63) is 38.0 Å². The number of hydrogen-bond acceptors (Lipinski definition) is 2. The summed E-state index contributed by atoms with van der Waals surface area (Å²) in [6.07, 6.45) is -4.49. The van der Waals surface area contributed by atoms with Crippen molar-refractivity contribution in [1.82, 2.24) is 5.16 Å². The second-order valence-electron chi connectivity index (χ2n) is 3.18. The second kappa shape index (κ2) is 4.60. The molecule has 0 N–H and O–H groups in total. The predicted molar refractivity (Wildman–Crippen MR) is 67.4 cm³/mol.